The maximum atomic E-state index is 13.9. The maximum Gasteiger partial charge on any atom is 0.253 e. The Bertz CT molecular complexity index is 1520. The first-order chi connectivity index (χ1) is 18.4. The lowest BCUT2D eigenvalue weighted by molar-refractivity contribution is -0.138. The van der Waals surface area contributed by atoms with Gasteiger partial charge in [0.15, 0.2) is 15.5 Å². The van der Waals surface area contributed by atoms with E-state index >= 15 is 0 Å². The van der Waals surface area contributed by atoms with Crippen molar-refractivity contribution in [3.63, 3.8) is 0 Å². The van der Waals surface area contributed by atoms with Crippen LogP contribution in [0.3, 0.4) is 0 Å². The van der Waals surface area contributed by atoms with Gasteiger partial charge in [0.1, 0.15) is 5.75 Å². The molecule has 2 aliphatic carbocycles. The minimum Gasteiger partial charge on any atom is -0.508 e. The summed E-state index contributed by atoms with van der Waals surface area (Å²) in [6, 6.07) is 12.6. The van der Waals surface area contributed by atoms with E-state index in [1.165, 1.54) is 20.0 Å². The summed E-state index contributed by atoms with van der Waals surface area (Å²) in [4.78, 5) is 64.4. The average molecular weight is 567 g/mol. The minimum absolute atomic E-state index is 0.124. The average Bonchev–Trinajstić information content (AvgIpc) is 3.24. The Balaban J connectivity index is 1.49. The number of phenolic OH excluding ortho intramolecular Hbond substituents is 1. The van der Waals surface area contributed by atoms with Gasteiger partial charge in [-0.3, -0.25) is 33.8 Å². The van der Waals surface area contributed by atoms with E-state index < -0.39 is 51.1 Å². The predicted molar refractivity (Wildman–Crippen MR) is 143 cm³/mol. The van der Waals surface area contributed by atoms with E-state index in [9.17, 15) is 29.1 Å². The van der Waals surface area contributed by atoms with Crippen molar-refractivity contribution in [3.05, 3.63) is 71.3 Å². The normalized spacial score (nSPS) is 33.6. The highest BCUT2D eigenvalue weighted by atomic mass is 35.5. The molecule has 2 aromatic carbocycles. The number of benzene rings is 2. The first-order valence-electron chi connectivity index (χ1n) is 12.6. The highest BCUT2D eigenvalue weighted by Gasteiger charge is 2.76. The predicted octanol–water partition coefficient (Wildman–Crippen LogP) is 3.79. The van der Waals surface area contributed by atoms with Gasteiger partial charge in [-0.25, -0.2) is 0 Å². The molecule has 6 rings (SSSR count). The van der Waals surface area contributed by atoms with Crippen LogP contribution in [0.4, 0.5) is 5.69 Å². The van der Waals surface area contributed by atoms with Crippen molar-refractivity contribution in [3.8, 4) is 5.75 Å². The number of anilines is 1. The van der Waals surface area contributed by atoms with E-state index in [1.54, 1.807) is 42.5 Å². The number of halogens is 2. The Hall–Kier alpha value is -3.49. The summed E-state index contributed by atoms with van der Waals surface area (Å²) in [7, 11) is 1.32. The largest absolute Gasteiger partial charge is 0.508 e. The second kappa shape index (κ2) is 8.50. The summed E-state index contributed by atoms with van der Waals surface area (Å²) in [5, 5.41) is 10.8. The number of allylic oxidation sites excluding steroid dienone is 2. The third-order valence-corrected chi connectivity index (χ3v) is 10.2. The molecular formula is C29H24Cl2N2O6. The van der Waals surface area contributed by atoms with Gasteiger partial charge in [0.2, 0.25) is 11.8 Å². The van der Waals surface area contributed by atoms with Gasteiger partial charge < -0.3 is 5.11 Å². The molecule has 8 nitrogen and oxygen atoms in total. The van der Waals surface area contributed by atoms with E-state index in [0.29, 0.717) is 22.4 Å². The second-order valence-corrected chi connectivity index (χ2v) is 11.9. The number of carbonyl (C=O) groups is 5. The number of alkyl halides is 2. The van der Waals surface area contributed by atoms with E-state index in [-0.39, 0.29) is 30.3 Å². The van der Waals surface area contributed by atoms with Crippen LogP contribution in [0.15, 0.2) is 60.2 Å². The molecule has 0 bridgehead atoms. The van der Waals surface area contributed by atoms with Crippen LogP contribution in [0.1, 0.15) is 41.6 Å². The molecule has 39 heavy (non-hydrogen) atoms. The lowest BCUT2D eigenvalue weighted by Gasteiger charge is -2.50. The van der Waals surface area contributed by atoms with Gasteiger partial charge in [-0.15, -0.1) is 23.2 Å². The number of amides is 4. The number of hydrogen-bond acceptors (Lipinski definition) is 6. The number of para-hydroxylation sites is 1. The number of rotatable bonds is 3. The molecule has 0 unspecified atom stereocenters. The zero-order valence-electron chi connectivity index (χ0n) is 21.1. The molecule has 3 fully saturated rings. The summed E-state index contributed by atoms with van der Waals surface area (Å²) in [5.74, 6) is -5.68. The molecule has 4 aliphatic rings. The lowest BCUT2D eigenvalue weighted by Crippen LogP contribution is -2.60. The minimum atomic E-state index is -1.94. The number of ketones is 1. The fourth-order valence-corrected chi connectivity index (χ4v) is 7.93. The number of hydrogen-bond donors (Lipinski definition) is 1. The van der Waals surface area contributed by atoms with Crippen LogP contribution in [0.2, 0.25) is 0 Å². The Kier molecular flexibility index (Phi) is 5.62. The maximum absolute atomic E-state index is 13.9. The van der Waals surface area contributed by atoms with Crippen LogP contribution in [0.25, 0.3) is 0 Å². The van der Waals surface area contributed by atoms with Crippen LogP contribution in [0.5, 0.6) is 5.75 Å². The molecule has 6 atom stereocenters. The van der Waals surface area contributed by atoms with Crippen molar-refractivity contribution in [2.75, 3.05) is 11.9 Å². The topological polar surface area (TPSA) is 112 Å². The number of nitrogens with zero attached hydrogens (tertiary/aromatic N) is 2. The Labute approximate surface area is 234 Å². The number of Topliss-reactive ketones (excluding diaryl/α,β-unsaturated/α-hetero) is 1. The highest BCUT2D eigenvalue weighted by molar-refractivity contribution is 6.53. The number of likely N-dealkylation sites (tertiary alicyclic amines) is 1. The van der Waals surface area contributed by atoms with Crippen molar-refractivity contribution >= 4 is 58.3 Å². The molecule has 0 spiro atoms. The van der Waals surface area contributed by atoms with Gasteiger partial charge in [0.25, 0.3) is 11.8 Å². The Morgan fingerprint density at radius 3 is 2.26 bits per heavy atom. The number of fused-ring (bicyclic) bond motifs is 4. The summed E-state index contributed by atoms with van der Waals surface area (Å²) in [6.07, 6.45) is 1.90. The standard InChI is InChI=1S/C29H24Cl2N2O6/c1-14(34)15-7-9-16(10-8-15)33-24(36)19-12-11-17-20(22(19)25(33)37)13-28(30)26(38)32(2)27(39)29(28,31)23(17)18-5-3-4-6-21(18)35/h3-11,19-20,22-23,35H,12-13H2,1-2H3/t19-,20+,22-,23+,28+,29-/m0/s1. The van der Waals surface area contributed by atoms with Crippen molar-refractivity contribution in [2.45, 2.75) is 35.4 Å². The van der Waals surface area contributed by atoms with Gasteiger partial charge in [0.05, 0.1) is 17.5 Å². The van der Waals surface area contributed by atoms with Crippen molar-refractivity contribution in [2.24, 2.45) is 17.8 Å². The van der Waals surface area contributed by atoms with Gasteiger partial charge in [-0.1, -0.05) is 29.8 Å². The molecule has 1 saturated carbocycles. The van der Waals surface area contributed by atoms with Crippen LogP contribution >= 0.6 is 23.2 Å². The van der Waals surface area contributed by atoms with E-state index in [2.05, 4.69) is 0 Å². The first kappa shape index (κ1) is 25.8. The monoisotopic (exact) mass is 566 g/mol. The van der Waals surface area contributed by atoms with Crippen LogP contribution in [0, 0.1) is 17.8 Å². The Morgan fingerprint density at radius 2 is 1.62 bits per heavy atom. The van der Waals surface area contributed by atoms with Crippen LogP contribution in [-0.4, -0.2) is 56.2 Å². The molecule has 2 heterocycles. The summed E-state index contributed by atoms with van der Waals surface area (Å²) in [6.45, 7) is 1.43. The van der Waals surface area contributed by atoms with E-state index in [0.717, 1.165) is 9.80 Å². The highest BCUT2D eigenvalue weighted by Crippen LogP contribution is 2.66. The molecule has 2 saturated heterocycles. The smallest absolute Gasteiger partial charge is 0.253 e. The quantitative estimate of drug-likeness (QED) is 0.262. The second-order valence-electron chi connectivity index (χ2n) is 10.7. The molecule has 4 amide bonds. The molecule has 1 N–H and O–H groups in total. The van der Waals surface area contributed by atoms with Crippen molar-refractivity contribution < 1.29 is 29.1 Å². The summed E-state index contributed by atoms with van der Waals surface area (Å²) < 4.78 is 0. The van der Waals surface area contributed by atoms with E-state index in [1.807, 2.05) is 6.08 Å². The SMILES string of the molecule is CC(=O)c1ccc(N2C(=O)[C@H]3[C@H](CC=C4[C@H]3C[C@@]3(Cl)C(=O)N(C)C(=O)[C@@]3(Cl)[C@H]4c3ccccc3O)C2=O)cc1. The zero-order valence-corrected chi connectivity index (χ0v) is 22.6. The zero-order chi connectivity index (χ0) is 28.0. The molecule has 200 valence electrons. The van der Waals surface area contributed by atoms with Crippen LogP contribution in [-0.2, 0) is 19.2 Å². The van der Waals surface area contributed by atoms with Gasteiger partial charge >= 0.3 is 0 Å². The molecule has 0 aromatic heterocycles. The van der Waals surface area contributed by atoms with Crippen LogP contribution < -0.4 is 4.90 Å². The summed E-state index contributed by atoms with van der Waals surface area (Å²) >= 11 is 14.2. The number of imide groups is 2. The molecule has 2 aliphatic heterocycles. The van der Waals surface area contributed by atoms with Gasteiger partial charge in [0, 0.05) is 24.1 Å². The van der Waals surface area contributed by atoms with Crippen molar-refractivity contribution in [1.82, 2.24) is 4.90 Å². The molecular weight excluding hydrogens is 543 g/mol. The fourth-order valence-electron chi connectivity index (χ4n) is 6.92. The number of aromatic hydroxyl groups is 1. The first-order valence-corrected chi connectivity index (χ1v) is 13.4. The lowest BCUT2D eigenvalue weighted by atomic mass is 9.56. The Morgan fingerprint density at radius 1 is 0.949 bits per heavy atom. The third kappa shape index (κ3) is 3.22. The van der Waals surface area contributed by atoms with Gasteiger partial charge in [-0.2, -0.15) is 0 Å². The molecule has 10 heteroatoms. The van der Waals surface area contributed by atoms with E-state index in [4.69, 9.17) is 23.2 Å². The number of phenols is 1. The number of carbonyl (C=O) groups excluding carboxylic acids is 5. The third-order valence-electron chi connectivity index (χ3n) is 8.79. The van der Waals surface area contributed by atoms with Gasteiger partial charge in [-0.05, 0) is 56.0 Å². The fraction of sp³-hybridized carbons (Fsp3) is 0.345. The molecule has 2 aromatic rings. The van der Waals surface area contributed by atoms with Crippen molar-refractivity contribution in [1.29, 1.82) is 0 Å². The summed E-state index contributed by atoms with van der Waals surface area (Å²) in [5.41, 5.74) is 1.72. The molecule has 0 radical (unpaired) electrons.